The number of nitrogens with zero attached hydrogens (tertiary/aromatic N) is 4. The van der Waals surface area contributed by atoms with Gasteiger partial charge in [-0.25, -0.2) is 0 Å². The van der Waals surface area contributed by atoms with Crippen LogP contribution in [0.2, 0.25) is 0 Å². The third kappa shape index (κ3) is 3.30. The molecule has 0 saturated carbocycles. The van der Waals surface area contributed by atoms with E-state index in [9.17, 15) is 0 Å². The number of H-pyrrole nitrogens is 1. The number of aromatic nitrogens is 5. The Balaban J connectivity index is 2.00. The second kappa shape index (κ2) is 6.80. The van der Waals surface area contributed by atoms with Crippen LogP contribution in [0.25, 0.3) is 5.69 Å². The van der Waals surface area contributed by atoms with Crippen LogP contribution in [0.3, 0.4) is 0 Å². The largest absolute Gasteiger partial charge is 0.272 e. The Morgan fingerprint density at radius 1 is 1.35 bits per heavy atom. The summed E-state index contributed by atoms with van der Waals surface area (Å²) in [7, 11) is 0. The van der Waals surface area contributed by atoms with E-state index in [4.69, 9.17) is 12.2 Å². The van der Waals surface area contributed by atoms with Crippen LogP contribution >= 0.6 is 28.1 Å². The summed E-state index contributed by atoms with van der Waals surface area (Å²) in [5, 5.41) is 11.7. The Bertz CT molecular complexity index is 863. The van der Waals surface area contributed by atoms with Gasteiger partial charge < -0.3 is 0 Å². The molecule has 0 saturated heterocycles. The van der Waals surface area contributed by atoms with Gasteiger partial charge in [-0.05, 0) is 46.2 Å². The van der Waals surface area contributed by atoms with Crippen molar-refractivity contribution in [1.82, 2.24) is 24.5 Å². The van der Waals surface area contributed by atoms with Crippen LogP contribution in [0, 0.1) is 4.77 Å². The Hall–Kier alpha value is -1.73. The van der Waals surface area contributed by atoms with Gasteiger partial charge in [0, 0.05) is 12.1 Å². The normalized spacial score (nSPS) is 12.5. The molecule has 7 heteroatoms. The summed E-state index contributed by atoms with van der Waals surface area (Å²) in [6.45, 7) is 5.01. The van der Waals surface area contributed by atoms with E-state index >= 15 is 0 Å². The zero-order valence-electron chi connectivity index (χ0n) is 13.0. The van der Waals surface area contributed by atoms with E-state index in [0.717, 1.165) is 29.0 Å². The number of aromatic amines is 1. The topological polar surface area (TPSA) is 51.4 Å². The summed E-state index contributed by atoms with van der Waals surface area (Å²) in [6, 6.07) is 8.30. The minimum atomic E-state index is 0.166. The zero-order valence-corrected chi connectivity index (χ0v) is 15.4. The Morgan fingerprint density at radius 3 is 2.83 bits per heavy atom. The van der Waals surface area contributed by atoms with E-state index < -0.39 is 0 Å². The SMILES string of the molecule is CCc1ccccc1-n1c([C@@H](C)Cn2cc(Br)cn2)n[nH]c1=S. The average Bonchev–Trinajstić information content (AvgIpc) is 3.13. The Labute approximate surface area is 148 Å². The third-order valence-electron chi connectivity index (χ3n) is 3.82. The molecule has 0 amide bonds. The van der Waals surface area contributed by atoms with Gasteiger partial charge in [0.25, 0.3) is 0 Å². The van der Waals surface area contributed by atoms with Crippen molar-refractivity contribution in [2.45, 2.75) is 32.7 Å². The Kier molecular flexibility index (Phi) is 4.77. The van der Waals surface area contributed by atoms with Crippen molar-refractivity contribution >= 4 is 28.1 Å². The van der Waals surface area contributed by atoms with Crippen LogP contribution in [0.4, 0.5) is 0 Å². The maximum absolute atomic E-state index is 5.47. The van der Waals surface area contributed by atoms with Crippen LogP contribution in [0.15, 0.2) is 41.1 Å². The molecule has 1 atom stereocenters. The summed E-state index contributed by atoms with van der Waals surface area (Å²) in [6.07, 6.45) is 4.70. The molecule has 0 aliphatic rings. The van der Waals surface area contributed by atoms with Crippen molar-refractivity contribution in [2.24, 2.45) is 0 Å². The van der Waals surface area contributed by atoms with Gasteiger partial charge in [0.15, 0.2) is 4.77 Å². The van der Waals surface area contributed by atoms with Crippen LogP contribution in [0.5, 0.6) is 0 Å². The summed E-state index contributed by atoms with van der Waals surface area (Å²) >= 11 is 8.89. The highest BCUT2D eigenvalue weighted by molar-refractivity contribution is 9.10. The van der Waals surface area contributed by atoms with Gasteiger partial charge in [0.1, 0.15) is 5.82 Å². The molecule has 0 fully saturated rings. The van der Waals surface area contributed by atoms with Crippen molar-refractivity contribution in [3.63, 3.8) is 0 Å². The van der Waals surface area contributed by atoms with E-state index in [1.54, 1.807) is 6.20 Å². The first-order valence-corrected chi connectivity index (χ1v) is 8.73. The fourth-order valence-electron chi connectivity index (χ4n) is 2.70. The van der Waals surface area contributed by atoms with E-state index in [1.165, 1.54) is 5.56 Å². The molecule has 0 aliphatic heterocycles. The molecule has 120 valence electrons. The van der Waals surface area contributed by atoms with Crippen molar-refractivity contribution in [3.8, 4) is 5.69 Å². The number of benzene rings is 1. The lowest BCUT2D eigenvalue weighted by Crippen LogP contribution is -2.13. The molecule has 3 rings (SSSR count). The van der Waals surface area contributed by atoms with Crippen molar-refractivity contribution in [3.05, 3.63) is 57.3 Å². The summed E-state index contributed by atoms with van der Waals surface area (Å²) < 4.78 is 5.54. The standard InChI is InChI=1S/C16H18BrN5S/c1-3-12-6-4-5-7-14(12)22-15(19-20-16(22)23)11(2)9-21-10-13(17)8-18-21/h4-8,10-11H,3,9H2,1-2H3,(H,20,23)/t11-/m0/s1. The molecule has 1 aromatic carbocycles. The molecular weight excluding hydrogens is 374 g/mol. The second-order valence-corrected chi connectivity index (χ2v) is 6.79. The van der Waals surface area contributed by atoms with E-state index in [0.29, 0.717) is 4.77 Å². The molecule has 5 nitrogen and oxygen atoms in total. The van der Waals surface area contributed by atoms with Crippen LogP contribution < -0.4 is 0 Å². The van der Waals surface area contributed by atoms with Crippen LogP contribution in [0.1, 0.15) is 31.2 Å². The first-order valence-electron chi connectivity index (χ1n) is 7.53. The smallest absolute Gasteiger partial charge is 0.199 e. The molecule has 2 aromatic heterocycles. The number of halogens is 1. The number of nitrogens with one attached hydrogen (secondary N) is 1. The minimum Gasteiger partial charge on any atom is -0.272 e. The average molecular weight is 392 g/mol. The lowest BCUT2D eigenvalue weighted by atomic mass is 10.1. The lowest BCUT2D eigenvalue weighted by Gasteiger charge is -2.15. The fraction of sp³-hybridized carbons (Fsp3) is 0.312. The molecule has 3 aromatic rings. The van der Waals surface area contributed by atoms with Gasteiger partial charge in [-0.2, -0.15) is 10.2 Å². The van der Waals surface area contributed by atoms with Crippen LogP contribution in [-0.2, 0) is 13.0 Å². The van der Waals surface area contributed by atoms with Gasteiger partial charge in [-0.1, -0.05) is 32.0 Å². The zero-order chi connectivity index (χ0) is 16.4. The molecule has 0 spiro atoms. The van der Waals surface area contributed by atoms with Gasteiger partial charge in [-0.3, -0.25) is 14.3 Å². The predicted octanol–water partition coefficient (Wildman–Crippen LogP) is 4.25. The number of para-hydroxylation sites is 1. The summed E-state index contributed by atoms with van der Waals surface area (Å²) in [5.41, 5.74) is 2.34. The number of aryl methyl sites for hydroxylation is 1. The third-order valence-corrected chi connectivity index (χ3v) is 4.50. The highest BCUT2D eigenvalue weighted by Gasteiger charge is 2.18. The summed E-state index contributed by atoms with van der Waals surface area (Å²) in [4.78, 5) is 0. The number of hydrogen-bond donors (Lipinski definition) is 1. The van der Waals surface area contributed by atoms with Crippen molar-refractivity contribution in [2.75, 3.05) is 0 Å². The van der Waals surface area contributed by atoms with Gasteiger partial charge >= 0.3 is 0 Å². The molecule has 0 unspecified atom stereocenters. The predicted molar refractivity (Wildman–Crippen MR) is 96.5 cm³/mol. The van der Waals surface area contributed by atoms with E-state index in [2.05, 4.69) is 63.3 Å². The first kappa shape index (κ1) is 16.1. The Morgan fingerprint density at radius 2 is 2.13 bits per heavy atom. The second-order valence-electron chi connectivity index (χ2n) is 5.49. The first-order chi connectivity index (χ1) is 11.1. The monoisotopic (exact) mass is 391 g/mol. The molecule has 2 heterocycles. The van der Waals surface area contributed by atoms with Crippen molar-refractivity contribution in [1.29, 1.82) is 0 Å². The quantitative estimate of drug-likeness (QED) is 0.661. The molecule has 0 bridgehead atoms. The maximum Gasteiger partial charge on any atom is 0.199 e. The minimum absolute atomic E-state index is 0.166. The maximum atomic E-state index is 5.47. The number of rotatable bonds is 5. The molecule has 23 heavy (non-hydrogen) atoms. The summed E-state index contributed by atoms with van der Waals surface area (Å²) in [5.74, 6) is 1.09. The van der Waals surface area contributed by atoms with Gasteiger partial charge in [0.2, 0.25) is 0 Å². The van der Waals surface area contributed by atoms with Gasteiger partial charge in [-0.15, -0.1) is 0 Å². The molecular formula is C16H18BrN5S. The number of hydrogen-bond acceptors (Lipinski definition) is 3. The fourth-order valence-corrected chi connectivity index (χ4v) is 3.27. The van der Waals surface area contributed by atoms with Gasteiger partial charge in [0.05, 0.1) is 22.9 Å². The highest BCUT2D eigenvalue weighted by Crippen LogP contribution is 2.23. The molecule has 0 radical (unpaired) electrons. The van der Waals surface area contributed by atoms with Crippen molar-refractivity contribution < 1.29 is 0 Å². The van der Waals surface area contributed by atoms with E-state index in [-0.39, 0.29) is 5.92 Å². The van der Waals surface area contributed by atoms with E-state index in [1.807, 2.05) is 21.5 Å². The molecule has 0 aliphatic carbocycles. The lowest BCUT2D eigenvalue weighted by molar-refractivity contribution is 0.518. The molecule has 1 N–H and O–H groups in total. The highest BCUT2D eigenvalue weighted by atomic mass is 79.9. The van der Waals surface area contributed by atoms with Crippen LogP contribution in [-0.4, -0.2) is 24.5 Å².